The summed E-state index contributed by atoms with van der Waals surface area (Å²) in [6, 6.07) is 13.7. The van der Waals surface area contributed by atoms with Crippen molar-refractivity contribution in [3.05, 3.63) is 54.2 Å². The van der Waals surface area contributed by atoms with Crippen LogP contribution in [-0.4, -0.2) is 42.5 Å². The van der Waals surface area contributed by atoms with Crippen LogP contribution in [-0.2, 0) is 9.59 Å². The molecule has 29 heavy (non-hydrogen) atoms. The number of carbonyl (C=O) groups is 2. The zero-order chi connectivity index (χ0) is 21.1. The predicted molar refractivity (Wildman–Crippen MR) is 109 cm³/mol. The summed E-state index contributed by atoms with van der Waals surface area (Å²) in [6.07, 6.45) is 1.59. The number of nitrogens with one attached hydrogen (secondary N) is 3. The summed E-state index contributed by atoms with van der Waals surface area (Å²) in [6.45, 7) is 4.26. The van der Waals surface area contributed by atoms with Crippen LogP contribution < -0.4 is 20.7 Å². The molecule has 1 heterocycles. The van der Waals surface area contributed by atoms with Crippen molar-refractivity contribution in [3.63, 3.8) is 0 Å². The number of hydrogen-bond acceptors (Lipinski definition) is 6. The van der Waals surface area contributed by atoms with Gasteiger partial charge in [-0.3, -0.25) is 9.59 Å². The Morgan fingerprint density at radius 2 is 1.90 bits per heavy atom. The average molecular weight is 395 g/mol. The van der Waals surface area contributed by atoms with E-state index in [1.807, 2.05) is 32.0 Å². The van der Waals surface area contributed by atoms with E-state index in [-0.39, 0.29) is 24.3 Å². The van der Waals surface area contributed by atoms with Crippen LogP contribution in [0.25, 0.3) is 0 Å². The van der Waals surface area contributed by atoms with E-state index in [1.54, 1.807) is 30.5 Å². The Morgan fingerprint density at radius 3 is 2.59 bits per heavy atom. The molecule has 0 saturated carbocycles. The van der Waals surface area contributed by atoms with Crippen molar-refractivity contribution < 1.29 is 14.3 Å². The number of anilines is 1. The molecule has 0 aliphatic carbocycles. The Kier molecular flexibility index (Phi) is 8.45. The SMILES string of the molecule is CC(C)C(NC(=O)COc1ccccc1)C(=O)NCCNc1ncccc1C#N. The summed E-state index contributed by atoms with van der Waals surface area (Å²) in [4.78, 5) is 28.7. The minimum absolute atomic E-state index is 0.0929. The van der Waals surface area contributed by atoms with Crippen LogP contribution in [0.2, 0.25) is 0 Å². The van der Waals surface area contributed by atoms with Crippen molar-refractivity contribution in [2.45, 2.75) is 19.9 Å². The van der Waals surface area contributed by atoms with Gasteiger partial charge in [0.1, 0.15) is 23.7 Å². The molecule has 0 spiro atoms. The molecule has 0 bridgehead atoms. The van der Waals surface area contributed by atoms with E-state index in [2.05, 4.69) is 27.0 Å². The quantitative estimate of drug-likeness (QED) is 0.527. The molecule has 2 aromatic rings. The van der Waals surface area contributed by atoms with Gasteiger partial charge in [-0.2, -0.15) is 5.26 Å². The molecule has 8 heteroatoms. The van der Waals surface area contributed by atoms with Crippen LogP contribution in [0.5, 0.6) is 5.75 Å². The average Bonchev–Trinajstić information content (AvgIpc) is 2.74. The fraction of sp³-hybridized carbons (Fsp3) is 0.333. The van der Waals surface area contributed by atoms with Gasteiger partial charge in [0.2, 0.25) is 5.91 Å². The number of amides is 2. The van der Waals surface area contributed by atoms with Gasteiger partial charge < -0.3 is 20.7 Å². The molecule has 0 fully saturated rings. The summed E-state index contributed by atoms with van der Waals surface area (Å²) in [5.74, 6) is 0.315. The molecule has 0 radical (unpaired) electrons. The Morgan fingerprint density at radius 1 is 1.14 bits per heavy atom. The predicted octanol–water partition coefficient (Wildman–Crippen LogP) is 1.70. The molecule has 0 aliphatic heterocycles. The van der Waals surface area contributed by atoms with Gasteiger partial charge in [-0.25, -0.2) is 4.98 Å². The van der Waals surface area contributed by atoms with E-state index in [9.17, 15) is 9.59 Å². The molecule has 0 saturated heterocycles. The van der Waals surface area contributed by atoms with Gasteiger partial charge in [0.15, 0.2) is 6.61 Å². The maximum Gasteiger partial charge on any atom is 0.258 e. The molecule has 1 atom stereocenters. The largest absolute Gasteiger partial charge is 0.484 e. The zero-order valence-corrected chi connectivity index (χ0v) is 16.5. The third-order valence-electron chi connectivity index (χ3n) is 4.02. The van der Waals surface area contributed by atoms with Crippen LogP contribution in [0.3, 0.4) is 0 Å². The molecule has 1 unspecified atom stereocenters. The van der Waals surface area contributed by atoms with Gasteiger partial charge >= 0.3 is 0 Å². The lowest BCUT2D eigenvalue weighted by atomic mass is 10.0. The van der Waals surface area contributed by atoms with E-state index in [0.29, 0.717) is 30.2 Å². The van der Waals surface area contributed by atoms with Crippen molar-refractivity contribution in [3.8, 4) is 11.8 Å². The first-order valence-corrected chi connectivity index (χ1v) is 9.35. The van der Waals surface area contributed by atoms with Gasteiger partial charge in [0.25, 0.3) is 5.91 Å². The summed E-state index contributed by atoms with van der Waals surface area (Å²) in [7, 11) is 0. The number of rotatable bonds is 10. The normalized spacial score (nSPS) is 11.2. The highest BCUT2D eigenvalue weighted by Gasteiger charge is 2.24. The number of nitrogens with zero attached hydrogens (tertiary/aromatic N) is 2. The Labute approximate surface area is 170 Å². The highest BCUT2D eigenvalue weighted by Crippen LogP contribution is 2.09. The van der Waals surface area contributed by atoms with Crippen molar-refractivity contribution in [1.29, 1.82) is 5.26 Å². The maximum absolute atomic E-state index is 12.5. The lowest BCUT2D eigenvalue weighted by Crippen LogP contribution is -2.51. The second-order valence-electron chi connectivity index (χ2n) is 6.62. The summed E-state index contributed by atoms with van der Waals surface area (Å²) in [5.41, 5.74) is 0.435. The molecule has 152 valence electrons. The van der Waals surface area contributed by atoms with Crippen molar-refractivity contribution in [1.82, 2.24) is 15.6 Å². The molecular formula is C21H25N5O3. The first kappa shape index (κ1) is 21.7. The summed E-state index contributed by atoms with van der Waals surface area (Å²) in [5, 5.41) is 17.6. The zero-order valence-electron chi connectivity index (χ0n) is 16.5. The Bertz CT molecular complexity index is 849. The van der Waals surface area contributed by atoms with E-state index in [4.69, 9.17) is 10.00 Å². The lowest BCUT2D eigenvalue weighted by molar-refractivity contribution is -0.131. The maximum atomic E-state index is 12.5. The molecular weight excluding hydrogens is 370 g/mol. The van der Waals surface area contributed by atoms with E-state index >= 15 is 0 Å². The van der Waals surface area contributed by atoms with E-state index in [0.717, 1.165) is 0 Å². The van der Waals surface area contributed by atoms with E-state index < -0.39 is 6.04 Å². The topological polar surface area (TPSA) is 116 Å². The monoisotopic (exact) mass is 395 g/mol. The molecule has 2 rings (SSSR count). The summed E-state index contributed by atoms with van der Waals surface area (Å²) >= 11 is 0. The molecule has 2 amide bonds. The molecule has 0 aliphatic rings. The fourth-order valence-electron chi connectivity index (χ4n) is 2.53. The van der Waals surface area contributed by atoms with Crippen molar-refractivity contribution in [2.24, 2.45) is 5.92 Å². The van der Waals surface area contributed by atoms with Gasteiger partial charge in [0, 0.05) is 19.3 Å². The number of nitriles is 1. The van der Waals surface area contributed by atoms with Crippen molar-refractivity contribution in [2.75, 3.05) is 25.0 Å². The molecule has 1 aromatic carbocycles. The minimum atomic E-state index is -0.675. The number of para-hydroxylation sites is 1. The fourth-order valence-corrected chi connectivity index (χ4v) is 2.53. The van der Waals surface area contributed by atoms with Crippen LogP contribution in [0.1, 0.15) is 19.4 Å². The summed E-state index contributed by atoms with van der Waals surface area (Å²) < 4.78 is 5.41. The van der Waals surface area contributed by atoms with E-state index in [1.165, 1.54) is 0 Å². The third-order valence-corrected chi connectivity index (χ3v) is 4.02. The lowest BCUT2D eigenvalue weighted by Gasteiger charge is -2.22. The molecule has 1 aromatic heterocycles. The minimum Gasteiger partial charge on any atom is -0.484 e. The van der Waals surface area contributed by atoms with Gasteiger partial charge in [-0.1, -0.05) is 32.0 Å². The smallest absolute Gasteiger partial charge is 0.258 e. The van der Waals surface area contributed by atoms with Crippen LogP contribution in [0.4, 0.5) is 5.82 Å². The number of pyridine rings is 1. The first-order chi connectivity index (χ1) is 14.0. The first-order valence-electron chi connectivity index (χ1n) is 9.35. The second kappa shape index (κ2) is 11.3. The number of benzene rings is 1. The molecule has 8 nitrogen and oxygen atoms in total. The number of ether oxygens (including phenoxy) is 1. The number of hydrogen-bond donors (Lipinski definition) is 3. The van der Waals surface area contributed by atoms with Gasteiger partial charge in [-0.15, -0.1) is 0 Å². The van der Waals surface area contributed by atoms with Crippen LogP contribution in [0.15, 0.2) is 48.7 Å². The highest BCUT2D eigenvalue weighted by atomic mass is 16.5. The third kappa shape index (κ3) is 7.14. The number of carbonyl (C=O) groups excluding carboxylic acids is 2. The standard InChI is InChI=1S/C21H25N5O3/c1-15(2)19(26-18(27)14-29-17-8-4-3-5-9-17)21(28)25-12-11-24-20-16(13-22)7-6-10-23-20/h3-10,15,19H,11-12,14H2,1-2H3,(H,23,24)(H,25,28)(H,26,27). The molecule has 3 N–H and O–H groups in total. The second-order valence-corrected chi connectivity index (χ2v) is 6.62. The number of aromatic nitrogens is 1. The van der Waals surface area contributed by atoms with Crippen molar-refractivity contribution >= 4 is 17.6 Å². The van der Waals surface area contributed by atoms with Crippen LogP contribution >= 0.6 is 0 Å². The van der Waals surface area contributed by atoms with Gasteiger partial charge in [-0.05, 0) is 30.2 Å². The highest BCUT2D eigenvalue weighted by molar-refractivity contribution is 5.88. The Balaban J connectivity index is 1.78. The van der Waals surface area contributed by atoms with Gasteiger partial charge in [0.05, 0.1) is 5.56 Å². The van der Waals surface area contributed by atoms with Crippen LogP contribution in [0, 0.1) is 17.2 Å². The Hall–Kier alpha value is -3.60.